The van der Waals surface area contributed by atoms with E-state index in [0.29, 0.717) is 0 Å². The third kappa shape index (κ3) is 6.03. The van der Waals surface area contributed by atoms with E-state index in [9.17, 15) is 18.9 Å². The van der Waals surface area contributed by atoms with Gasteiger partial charge in [0.1, 0.15) is 0 Å². The Morgan fingerprint density at radius 2 is 0.900 bits per heavy atom. The van der Waals surface area contributed by atoms with Crippen molar-refractivity contribution in [2.45, 2.75) is 0 Å². The van der Waals surface area contributed by atoms with E-state index >= 15 is 0 Å². The number of rotatable bonds is 10. The molecule has 0 bridgehead atoms. The SMILES string of the molecule is O=P(O)(OCOc1ccccc1OCOP(=O)(O)c1ccccc1)c1ccccc1. The van der Waals surface area contributed by atoms with Crippen molar-refractivity contribution in [3.05, 3.63) is 84.9 Å². The first-order valence-corrected chi connectivity index (χ1v) is 11.9. The molecule has 158 valence electrons. The molecule has 8 nitrogen and oxygen atoms in total. The lowest BCUT2D eigenvalue weighted by molar-refractivity contribution is 0.0860. The Bertz CT molecular complexity index is 958. The summed E-state index contributed by atoms with van der Waals surface area (Å²) < 4.78 is 45.3. The summed E-state index contributed by atoms with van der Waals surface area (Å²) in [5, 5.41) is 0.289. The van der Waals surface area contributed by atoms with Gasteiger partial charge in [-0.2, -0.15) is 0 Å². The molecule has 3 aromatic rings. The van der Waals surface area contributed by atoms with E-state index in [1.54, 1.807) is 60.7 Å². The van der Waals surface area contributed by atoms with E-state index in [1.165, 1.54) is 24.3 Å². The second-order valence-corrected chi connectivity index (χ2v) is 9.57. The Labute approximate surface area is 173 Å². The van der Waals surface area contributed by atoms with Crippen LogP contribution in [0.15, 0.2) is 84.9 Å². The molecule has 2 N–H and O–H groups in total. The molecule has 2 atom stereocenters. The minimum atomic E-state index is -4.03. The molecule has 0 aromatic heterocycles. The highest BCUT2D eigenvalue weighted by Gasteiger charge is 2.24. The summed E-state index contributed by atoms with van der Waals surface area (Å²) in [6.45, 7) is -1.02. The molecular weight excluding hydrogens is 430 g/mol. The second kappa shape index (κ2) is 10.0. The van der Waals surface area contributed by atoms with Crippen molar-refractivity contribution < 1.29 is 37.4 Å². The summed E-state index contributed by atoms with van der Waals surface area (Å²) in [7, 11) is -8.07. The number of para-hydroxylation sites is 2. The van der Waals surface area contributed by atoms with Crippen LogP contribution < -0.4 is 20.1 Å². The molecule has 3 rings (SSSR count). The summed E-state index contributed by atoms with van der Waals surface area (Å²) >= 11 is 0. The average molecular weight is 450 g/mol. The molecule has 3 aromatic carbocycles. The minimum Gasteiger partial charge on any atom is -0.463 e. The minimum absolute atomic E-state index is 0.145. The van der Waals surface area contributed by atoms with Gasteiger partial charge in [0.25, 0.3) is 0 Å². The Morgan fingerprint density at radius 1 is 0.567 bits per heavy atom. The van der Waals surface area contributed by atoms with Crippen molar-refractivity contribution in [3.8, 4) is 11.5 Å². The van der Waals surface area contributed by atoms with Crippen LogP contribution in [0.2, 0.25) is 0 Å². The maximum absolute atomic E-state index is 12.3. The lowest BCUT2D eigenvalue weighted by Gasteiger charge is -2.16. The van der Waals surface area contributed by atoms with E-state index in [0.717, 1.165) is 0 Å². The van der Waals surface area contributed by atoms with E-state index in [1.807, 2.05) is 0 Å². The van der Waals surface area contributed by atoms with Crippen molar-refractivity contribution in [2.24, 2.45) is 0 Å². The molecule has 10 heteroatoms. The zero-order valence-corrected chi connectivity index (χ0v) is 17.5. The molecule has 0 spiro atoms. The third-order valence-electron chi connectivity index (χ3n) is 3.90. The van der Waals surface area contributed by atoms with Gasteiger partial charge in [-0.3, -0.25) is 18.2 Å². The quantitative estimate of drug-likeness (QED) is 0.357. The van der Waals surface area contributed by atoms with Gasteiger partial charge < -0.3 is 19.3 Å². The van der Waals surface area contributed by atoms with Crippen LogP contribution >= 0.6 is 15.2 Å². The predicted molar refractivity (Wildman–Crippen MR) is 111 cm³/mol. The number of hydrogen-bond acceptors (Lipinski definition) is 6. The lowest BCUT2D eigenvalue weighted by atomic mass is 10.3. The number of ether oxygens (including phenoxy) is 2. The Kier molecular flexibility index (Phi) is 7.45. The highest BCUT2D eigenvalue weighted by Crippen LogP contribution is 2.42. The van der Waals surface area contributed by atoms with Crippen LogP contribution in [0.25, 0.3) is 0 Å². The summed E-state index contributed by atoms with van der Waals surface area (Å²) in [5.41, 5.74) is 0. The Morgan fingerprint density at radius 3 is 1.27 bits per heavy atom. The van der Waals surface area contributed by atoms with Crippen LogP contribution in [0.4, 0.5) is 0 Å². The molecule has 0 aliphatic carbocycles. The molecule has 30 heavy (non-hydrogen) atoms. The van der Waals surface area contributed by atoms with Gasteiger partial charge in [0.05, 0.1) is 10.6 Å². The van der Waals surface area contributed by atoms with Crippen LogP contribution in [0.5, 0.6) is 11.5 Å². The second-order valence-electron chi connectivity index (χ2n) is 5.94. The third-order valence-corrected chi connectivity index (χ3v) is 6.71. The number of benzene rings is 3. The van der Waals surface area contributed by atoms with Gasteiger partial charge in [0.2, 0.25) is 0 Å². The summed E-state index contributed by atoms with van der Waals surface area (Å²) in [6.07, 6.45) is 0. The maximum Gasteiger partial charge on any atom is 0.361 e. The average Bonchev–Trinajstić information content (AvgIpc) is 2.76. The maximum atomic E-state index is 12.3. The van der Waals surface area contributed by atoms with Gasteiger partial charge in [-0.05, 0) is 36.4 Å². The Balaban J connectivity index is 1.56. The van der Waals surface area contributed by atoms with Crippen molar-refractivity contribution in [2.75, 3.05) is 13.6 Å². The first kappa shape index (κ1) is 22.2. The predicted octanol–water partition coefficient (Wildman–Crippen LogP) is 3.41. The zero-order chi connectivity index (χ0) is 21.5. The molecule has 0 amide bonds. The van der Waals surface area contributed by atoms with Crippen molar-refractivity contribution in [1.82, 2.24) is 0 Å². The smallest absolute Gasteiger partial charge is 0.361 e. The van der Waals surface area contributed by atoms with Gasteiger partial charge in [-0.15, -0.1) is 0 Å². The van der Waals surface area contributed by atoms with E-state index in [4.69, 9.17) is 18.5 Å². The summed E-state index contributed by atoms with van der Waals surface area (Å²) in [4.78, 5) is 20.0. The van der Waals surface area contributed by atoms with Gasteiger partial charge in [0.15, 0.2) is 25.1 Å². The molecule has 0 radical (unpaired) electrons. The molecule has 0 fully saturated rings. The van der Waals surface area contributed by atoms with Crippen molar-refractivity contribution >= 4 is 25.8 Å². The monoisotopic (exact) mass is 450 g/mol. The fourth-order valence-corrected chi connectivity index (χ4v) is 4.18. The van der Waals surface area contributed by atoms with Gasteiger partial charge in [0, 0.05) is 0 Å². The standard InChI is InChI=1S/C20H20O8P2/c21-29(22,17-9-3-1-4-10-17)27-15-25-19-13-7-8-14-20(19)26-16-28-30(23,24)18-11-5-2-6-12-18/h1-14H,15-16H2,(H,21,22)(H,23,24). The van der Waals surface area contributed by atoms with Gasteiger partial charge >= 0.3 is 15.2 Å². The Hall–Kier alpha value is -2.44. The summed E-state index contributed by atoms with van der Waals surface area (Å²) in [5.74, 6) is 0.420. The molecular formula is C20H20O8P2. The first-order chi connectivity index (χ1) is 14.4. The largest absolute Gasteiger partial charge is 0.463 e. The van der Waals surface area contributed by atoms with Crippen molar-refractivity contribution in [1.29, 1.82) is 0 Å². The highest BCUT2D eigenvalue weighted by atomic mass is 31.2. The molecule has 0 saturated carbocycles. The number of hydrogen-bond donors (Lipinski definition) is 2. The molecule has 0 saturated heterocycles. The van der Waals surface area contributed by atoms with Crippen LogP contribution in [0.1, 0.15) is 0 Å². The fourth-order valence-electron chi connectivity index (χ4n) is 2.39. The molecule has 0 heterocycles. The fraction of sp³-hybridized carbons (Fsp3) is 0.100. The molecule has 0 aliphatic heterocycles. The van der Waals surface area contributed by atoms with Gasteiger partial charge in [-0.25, -0.2) is 0 Å². The van der Waals surface area contributed by atoms with Crippen LogP contribution in [0.3, 0.4) is 0 Å². The molecule has 0 aliphatic rings. The van der Waals surface area contributed by atoms with Crippen molar-refractivity contribution in [3.63, 3.8) is 0 Å². The summed E-state index contributed by atoms with van der Waals surface area (Å²) in [6, 6.07) is 22.3. The lowest BCUT2D eigenvalue weighted by Crippen LogP contribution is -2.12. The normalized spacial score (nSPS) is 15.0. The highest BCUT2D eigenvalue weighted by molar-refractivity contribution is 7.61. The van der Waals surface area contributed by atoms with E-state index in [2.05, 4.69) is 0 Å². The van der Waals surface area contributed by atoms with Gasteiger partial charge in [-0.1, -0.05) is 48.5 Å². The topological polar surface area (TPSA) is 112 Å². The van der Waals surface area contributed by atoms with Crippen LogP contribution in [-0.2, 0) is 18.2 Å². The van der Waals surface area contributed by atoms with Crippen LogP contribution in [0, 0.1) is 0 Å². The van der Waals surface area contributed by atoms with E-state index in [-0.39, 0.29) is 22.1 Å². The zero-order valence-electron chi connectivity index (χ0n) is 15.7. The van der Waals surface area contributed by atoms with Crippen LogP contribution in [-0.4, -0.2) is 23.4 Å². The van der Waals surface area contributed by atoms with E-state index < -0.39 is 28.8 Å². The first-order valence-electron chi connectivity index (χ1n) is 8.79. The molecule has 2 unspecified atom stereocenters.